The van der Waals surface area contributed by atoms with Gasteiger partial charge in [0.25, 0.3) is 0 Å². The minimum absolute atomic E-state index is 0.303. The Morgan fingerprint density at radius 2 is 2.17 bits per heavy atom. The van der Waals surface area contributed by atoms with E-state index in [0.717, 1.165) is 23.2 Å². The van der Waals surface area contributed by atoms with Gasteiger partial charge in [0.15, 0.2) is 0 Å². The summed E-state index contributed by atoms with van der Waals surface area (Å²) in [6, 6.07) is 1.94. The summed E-state index contributed by atoms with van der Waals surface area (Å²) in [5.74, 6) is -0.303. The highest BCUT2D eigenvalue weighted by Gasteiger charge is 2.21. The van der Waals surface area contributed by atoms with E-state index in [9.17, 15) is 4.79 Å². The highest BCUT2D eigenvalue weighted by atomic mass is 16.5. The van der Waals surface area contributed by atoms with Crippen molar-refractivity contribution in [2.24, 2.45) is 14.1 Å². The van der Waals surface area contributed by atoms with Crippen molar-refractivity contribution in [1.82, 2.24) is 14.3 Å². The first-order valence-corrected chi connectivity index (χ1v) is 5.85. The van der Waals surface area contributed by atoms with Crippen LogP contribution in [-0.4, -0.2) is 27.4 Å². The Labute approximate surface area is 106 Å². The average molecular weight is 247 g/mol. The van der Waals surface area contributed by atoms with Gasteiger partial charge >= 0.3 is 5.97 Å². The Hall–Kier alpha value is -2.04. The van der Waals surface area contributed by atoms with Crippen LogP contribution in [-0.2, 0) is 25.3 Å². The lowest BCUT2D eigenvalue weighted by molar-refractivity contribution is 0.0588. The molecule has 0 N–H and O–H groups in total. The number of carbonyl (C=O) groups excluding carboxylic acids is 1. The molecule has 0 spiro atoms. The number of carbonyl (C=O) groups is 1. The standard InChI is InChI=1S/C13H17N3O2/c1-5-9-10(11-6-7-14-16(11)3)8-15(2)12(9)13(17)18-4/h6-8H,5H2,1-4H3. The summed E-state index contributed by atoms with van der Waals surface area (Å²) in [5, 5.41) is 4.16. The van der Waals surface area contributed by atoms with Crippen LogP contribution in [0.4, 0.5) is 0 Å². The third-order valence-corrected chi connectivity index (χ3v) is 3.12. The first-order valence-electron chi connectivity index (χ1n) is 5.85. The number of esters is 1. The number of hydrogen-bond donors (Lipinski definition) is 0. The third kappa shape index (κ3) is 1.81. The molecule has 0 bridgehead atoms. The van der Waals surface area contributed by atoms with E-state index in [1.165, 1.54) is 7.11 Å². The molecule has 2 aromatic heterocycles. The lowest BCUT2D eigenvalue weighted by atomic mass is 10.1. The summed E-state index contributed by atoms with van der Waals surface area (Å²) in [7, 11) is 5.14. The SMILES string of the molecule is CCc1c(-c2ccnn2C)cn(C)c1C(=O)OC. The lowest BCUT2D eigenvalue weighted by Gasteiger charge is -2.05. The van der Waals surface area contributed by atoms with Crippen molar-refractivity contribution < 1.29 is 9.53 Å². The Morgan fingerprint density at radius 3 is 2.67 bits per heavy atom. The normalized spacial score (nSPS) is 10.7. The molecule has 2 aromatic rings. The monoisotopic (exact) mass is 247 g/mol. The first-order chi connectivity index (χ1) is 8.60. The second-order valence-corrected chi connectivity index (χ2v) is 4.17. The molecule has 0 aliphatic rings. The van der Waals surface area contributed by atoms with Crippen molar-refractivity contribution >= 4 is 5.97 Å². The van der Waals surface area contributed by atoms with Gasteiger partial charge in [-0.3, -0.25) is 4.68 Å². The maximum Gasteiger partial charge on any atom is 0.354 e. The zero-order chi connectivity index (χ0) is 13.3. The number of hydrogen-bond acceptors (Lipinski definition) is 3. The molecule has 0 saturated carbocycles. The van der Waals surface area contributed by atoms with E-state index in [0.29, 0.717) is 5.69 Å². The molecule has 0 amide bonds. The van der Waals surface area contributed by atoms with E-state index in [1.807, 2.05) is 37.8 Å². The summed E-state index contributed by atoms with van der Waals surface area (Å²) >= 11 is 0. The minimum Gasteiger partial charge on any atom is -0.464 e. The highest BCUT2D eigenvalue weighted by molar-refractivity contribution is 5.92. The largest absolute Gasteiger partial charge is 0.464 e. The molecular weight excluding hydrogens is 230 g/mol. The quantitative estimate of drug-likeness (QED) is 0.777. The van der Waals surface area contributed by atoms with Crippen molar-refractivity contribution in [3.8, 4) is 11.3 Å². The van der Waals surface area contributed by atoms with Crippen molar-refractivity contribution in [3.63, 3.8) is 0 Å². The molecule has 0 unspecified atom stereocenters. The van der Waals surface area contributed by atoms with Crippen LogP contribution in [0.25, 0.3) is 11.3 Å². The Morgan fingerprint density at radius 1 is 1.44 bits per heavy atom. The fourth-order valence-electron chi connectivity index (χ4n) is 2.26. The van der Waals surface area contributed by atoms with E-state index in [2.05, 4.69) is 5.10 Å². The van der Waals surface area contributed by atoms with E-state index in [-0.39, 0.29) is 5.97 Å². The van der Waals surface area contributed by atoms with Crippen LogP contribution >= 0.6 is 0 Å². The number of aromatic nitrogens is 3. The lowest BCUT2D eigenvalue weighted by Crippen LogP contribution is -2.09. The van der Waals surface area contributed by atoms with Crippen molar-refractivity contribution in [1.29, 1.82) is 0 Å². The van der Waals surface area contributed by atoms with E-state index < -0.39 is 0 Å². The molecule has 0 aliphatic carbocycles. The van der Waals surface area contributed by atoms with Gasteiger partial charge in [0.1, 0.15) is 5.69 Å². The molecule has 5 heteroatoms. The summed E-state index contributed by atoms with van der Waals surface area (Å²) in [5.41, 5.74) is 3.63. The predicted molar refractivity (Wildman–Crippen MR) is 68.3 cm³/mol. The molecule has 5 nitrogen and oxygen atoms in total. The van der Waals surface area contributed by atoms with Gasteiger partial charge in [0.2, 0.25) is 0 Å². The van der Waals surface area contributed by atoms with Gasteiger partial charge in [0, 0.05) is 32.1 Å². The number of nitrogens with zero attached hydrogens (tertiary/aromatic N) is 3. The van der Waals surface area contributed by atoms with Gasteiger partial charge in [-0.05, 0) is 18.1 Å². The molecular formula is C13H17N3O2. The molecule has 18 heavy (non-hydrogen) atoms. The molecule has 0 fully saturated rings. The van der Waals surface area contributed by atoms with Crippen LogP contribution in [0, 0.1) is 0 Å². The van der Waals surface area contributed by atoms with Crippen LogP contribution in [0.3, 0.4) is 0 Å². The van der Waals surface area contributed by atoms with E-state index in [4.69, 9.17) is 4.74 Å². The van der Waals surface area contributed by atoms with Crippen LogP contribution in [0.5, 0.6) is 0 Å². The first kappa shape index (κ1) is 12.4. The molecule has 0 aliphatic heterocycles. The average Bonchev–Trinajstić information content (AvgIpc) is 2.91. The van der Waals surface area contributed by atoms with Gasteiger partial charge in [-0.15, -0.1) is 0 Å². The molecule has 0 atom stereocenters. The molecule has 2 heterocycles. The van der Waals surface area contributed by atoms with Crippen LogP contribution < -0.4 is 0 Å². The smallest absolute Gasteiger partial charge is 0.354 e. The maximum absolute atomic E-state index is 11.8. The van der Waals surface area contributed by atoms with Gasteiger partial charge < -0.3 is 9.30 Å². The molecule has 0 saturated heterocycles. The van der Waals surface area contributed by atoms with Gasteiger partial charge in [-0.1, -0.05) is 6.92 Å². The summed E-state index contributed by atoms with van der Waals surface area (Å²) in [4.78, 5) is 11.8. The fraction of sp³-hybridized carbons (Fsp3) is 0.385. The number of rotatable bonds is 3. The zero-order valence-electron chi connectivity index (χ0n) is 11.1. The number of ether oxygens (including phenoxy) is 1. The predicted octanol–water partition coefficient (Wildman–Crippen LogP) is 1.77. The van der Waals surface area contributed by atoms with Gasteiger partial charge in [0.05, 0.1) is 12.8 Å². The summed E-state index contributed by atoms with van der Waals surface area (Å²) < 4.78 is 8.45. The third-order valence-electron chi connectivity index (χ3n) is 3.12. The molecule has 96 valence electrons. The molecule has 0 aromatic carbocycles. The minimum atomic E-state index is -0.303. The second kappa shape index (κ2) is 4.68. The van der Waals surface area contributed by atoms with Crippen molar-refractivity contribution in [3.05, 3.63) is 29.7 Å². The van der Waals surface area contributed by atoms with Crippen LogP contribution in [0.1, 0.15) is 23.0 Å². The Kier molecular flexibility index (Phi) is 3.23. The number of methoxy groups -OCH3 is 1. The second-order valence-electron chi connectivity index (χ2n) is 4.17. The zero-order valence-corrected chi connectivity index (χ0v) is 11.1. The topological polar surface area (TPSA) is 49.0 Å². The fourth-order valence-corrected chi connectivity index (χ4v) is 2.26. The van der Waals surface area contributed by atoms with Gasteiger partial charge in [-0.2, -0.15) is 5.10 Å². The number of aryl methyl sites for hydroxylation is 2. The van der Waals surface area contributed by atoms with Gasteiger partial charge in [-0.25, -0.2) is 4.79 Å². The molecule has 0 radical (unpaired) electrons. The van der Waals surface area contributed by atoms with Crippen molar-refractivity contribution in [2.75, 3.05) is 7.11 Å². The summed E-state index contributed by atoms with van der Waals surface area (Å²) in [6.45, 7) is 2.03. The van der Waals surface area contributed by atoms with Crippen molar-refractivity contribution in [2.45, 2.75) is 13.3 Å². The highest BCUT2D eigenvalue weighted by Crippen LogP contribution is 2.28. The summed E-state index contributed by atoms with van der Waals surface area (Å²) in [6.07, 6.45) is 4.47. The van der Waals surface area contributed by atoms with Crippen LogP contribution in [0.2, 0.25) is 0 Å². The Balaban J connectivity index is 2.64. The Bertz CT molecular complexity index is 581. The van der Waals surface area contributed by atoms with Crippen LogP contribution in [0.15, 0.2) is 18.5 Å². The molecule has 2 rings (SSSR count). The maximum atomic E-state index is 11.8. The van der Waals surface area contributed by atoms with E-state index >= 15 is 0 Å². The van der Waals surface area contributed by atoms with E-state index in [1.54, 1.807) is 10.9 Å².